The van der Waals surface area contributed by atoms with E-state index in [4.69, 9.17) is 11.6 Å². The van der Waals surface area contributed by atoms with Gasteiger partial charge in [0.15, 0.2) is 0 Å². The van der Waals surface area contributed by atoms with Crippen molar-refractivity contribution in [2.45, 2.75) is 19.4 Å². The third kappa shape index (κ3) is 1.90. The molecular weight excluding hydrogens is 256 g/mol. The summed E-state index contributed by atoms with van der Waals surface area (Å²) in [5.74, 6) is 0. The third-order valence-electron chi connectivity index (χ3n) is 3.68. The Kier molecular flexibility index (Phi) is 3.17. The molecule has 1 nitrogen and oxygen atoms in total. The molecule has 0 heterocycles. The van der Waals surface area contributed by atoms with Crippen LogP contribution in [0.15, 0.2) is 54.1 Å². The van der Waals surface area contributed by atoms with Crippen molar-refractivity contribution >= 4 is 17.2 Å². The van der Waals surface area contributed by atoms with Gasteiger partial charge in [-0.25, -0.2) is 0 Å². The second kappa shape index (κ2) is 4.84. The van der Waals surface area contributed by atoms with Gasteiger partial charge in [-0.05, 0) is 34.8 Å². The van der Waals surface area contributed by atoms with E-state index < -0.39 is 6.10 Å². The predicted molar refractivity (Wildman–Crippen MR) is 79.2 cm³/mol. The van der Waals surface area contributed by atoms with Gasteiger partial charge in [0.2, 0.25) is 0 Å². The van der Waals surface area contributed by atoms with Crippen molar-refractivity contribution in [2.75, 3.05) is 0 Å². The molecule has 2 aromatic carbocycles. The van der Waals surface area contributed by atoms with Gasteiger partial charge < -0.3 is 5.11 Å². The molecule has 0 aliphatic heterocycles. The molecule has 1 atom stereocenters. The van der Waals surface area contributed by atoms with E-state index >= 15 is 0 Å². The van der Waals surface area contributed by atoms with E-state index in [2.05, 4.69) is 19.1 Å². The summed E-state index contributed by atoms with van der Waals surface area (Å²) < 4.78 is 0. The lowest BCUT2D eigenvalue weighted by Crippen LogP contribution is -1.95. The van der Waals surface area contributed by atoms with Gasteiger partial charge in [-0.2, -0.15) is 0 Å². The highest BCUT2D eigenvalue weighted by Crippen LogP contribution is 2.47. The van der Waals surface area contributed by atoms with Crippen LogP contribution in [0.25, 0.3) is 5.57 Å². The Bertz CT molecular complexity index is 644. The standard InChI is InChI=1S/C17H15ClO/c1-2-12-15(11-7-4-3-5-8-11)16-13(17(12)19)9-6-10-14(16)18/h3-10,17,19H,2H2,1H3. The van der Waals surface area contributed by atoms with Gasteiger partial charge in [-0.1, -0.05) is 61.0 Å². The average Bonchev–Trinajstić information content (AvgIpc) is 2.74. The van der Waals surface area contributed by atoms with Crippen molar-refractivity contribution in [1.29, 1.82) is 0 Å². The maximum atomic E-state index is 10.5. The van der Waals surface area contributed by atoms with Crippen LogP contribution in [0.4, 0.5) is 0 Å². The first-order valence-electron chi connectivity index (χ1n) is 6.49. The molecule has 0 amide bonds. The van der Waals surface area contributed by atoms with Crippen molar-refractivity contribution in [3.63, 3.8) is 0 Å². The second-order valence-corrected chi connectivity index (χ2v) is 5.13. The van der Waals surface area contributed by atoms with E-state index in [0.29, 0.717) is 5.02 Å². The maximum Gasteiger partial charge on any atom is 0.102 e. The number of aliphatic hydroxyl groups excluding tert-OH is 1. The Labute approximate surface area is 118 Å². The number of hydrogen-bond acceptors (Lipinski definition) is 1. The van der Waals surface area contributed by atoms with Crippen LogP contribution in [0.1, 0.15) is 36.1 Å². The summed E-state index contributed by atoms with van der Waals surface area (Å²) in [6.45, 7) is 2.07. The van der Waals surface area contributed by atoms with Crippen LogP contribution in [-0.2, 0) is 0 Å². The van der Waals surface area contributed by atoms with Gasteiger partial charge in [-0.15, -0.1) is 0 Å². The first kappa shape index (κ1) is 12.5. The molecule has 0 aromatic heterocycles. The van der Waals surface area contributed by atoms with Crippen molar-refractivity contribution in [3.8, 4) is 0 Å². The third-order valence-corrected chi connectivity index (χ3v) is 4.00. The highest BCUT2D eigenvalue weighted by atomic mass is 35.5. The number of halogens is 1. The highest BCUT2D eigenvalue weighted by Gasteiger charge is 2.30. The molecule has 19 heavy (non-hydrogen) atoms. The van der Waals surface area contributed by atoms with Crippen LogP contribution in [0.2, 0.25) is 5.02 Å². The Morgan fingerprint density at radius 1 is 1.05 bits per heavy atom. The van der Waals surface area contributed by atoms with Crippen LogP contribution in [0, 0.1) is 0 Å². The van der Waals surface area contributed by atoms with Crippen LogP contribution < -0.4 is 0 Å². The van der Waals surface area contributed by atoms with Crippen LogP contribution in [0.5, 0.6) is 0 Å². The molecule has 0 fully saturated rings. The molecule has 0 radical (unpaired) electrons. The van der Waals surface area contributed by atoms with Gasteiger partial charge in [-0.3, -0.25) is 0 Å². The fourth-order valence-electron chi connectivity index (χ4n) is 2.82. The first-order valence-corrected chi connectivity index (χ1v) is 6.87. The van der Waals surface area contributed by atoms with E-state index in [1.165, 1.54) is 0 Å². The smallest absolute Gasteiger partial charge is 0.102 e. The number of hydrogen-bond donors (Lipinski definition) is 1. The molecule has 1 N–H and O–H groups in total. The van der Waals surface area contributed by atoms with Crippen LogP contribution in [-0.4, -0.2) is 5.11 Å². The molecule has 2 heteroatoms. The summed E-state index contributed by atoms with van der Waals surface area (Å²) in [4.78, 5) is 0. The topological polar surface area (TPSA) is 20.2 Å². The normalized spacial score (nSPS) is 17.7. The van der Waals surface area contributed by atoms with Gasteiger partial charge in [0, 0.05) is 10.6 Å². The number of aliphatic hydroxyl groups is 1. The SMILES string of the molecule is CCC1=C(c2ccccc2)c2c(Cl)cccc2C1O. The summed E-state index contributed by atoms with van der Waals surface area (Å²) in [5.41, 5.74) is 5.17. The number of benzene rings is 2. The lowest BCUT2D eigenvalue weighted by atomic mass is 9.97. The molecule has 0 spiro atoms. The average molecular weight is 271 g/mol. The van der Waals surface area contributed by atoms with Crippen LogP contribution >= 0.6 is 11.6 Å². The molecule has 3 rings (SSSR count). The van der Waals surface area contributed by atoms with Crippen molar-refractivity contribution in [2.24, 2.45) is 0 Å². The minimum atomic E-state index is -0.533. The van der Waals surface area contributed by atoms with Crippen molar-refractivity contribution in [1.82, 2.24) is 0 Å². The second-order valence-electron chi connectivity index (χ2n) is 4.73. The summed E-state index contributed by atoms with van der Waals surface area (Å²) >= 11 is 6.36. The van der Waals surface area contributed by atoms with Gasteiger partial charge in [0.25, 0.3) is 0 Å². The Hall–Kier alpha value is -1.57. The molecule has 2 aromatic rings. The molecule has 1 unspecified atom stereocenters. The molecule has 0 saturated heterocycles. The van der Waals surface area contributed by atoms with Crippen LogP contribution in [0.3, 0.4) is 0 Å². The van der Waals surface area contributed by atoms with E-state index in [9.17, 15) is 5.11 Å². The number of rotatable bonds is 2. The van der Waals surface area contributed by atoms with E-state index in [-0.39, 0.29) is 0 Å². The fraction of sp³-hybridized carbons (Fsp3) is 0.176. The zero-order chi connectivity index (χ0) is 13.4. The fourth-order valence-corrected chi connectivity index (χ4v) is 3.10. The van der Waals surface area contributed by atoms with Crippen molar-refractivity contribution in [3.05, 3.63) is 75.8 Å². The summed E-state index contributed by atoms with van der Waals surface area (Å²) in [6.07, 6.45) is 0.282. The Morgan fingerprint density at radius 3 is 2.47 bits per heavy atom. The first-order chi connectivity index (χ1) is 9.24. The summed E-state index contributed by atoms with van der Waals surface area (Å²) in [7, 11) is 0. The highest BCUT2D eigenvalue weighted by molar-refractivity contribution is 6.33. The van der Waals surface area contributed by atoms with Gasteiger partial charge >= 0.3 is 0 Å². The minimum absolute atomic E-state index is 0.533. The maximum absolute atomic E-state index is 10.5. The Morgan fingerprint density at radius 2 is 1.79 bits per heavy atom. The molecule has 1 aliphatic rings. The summed E-state index contributed by atoms with van der Waals surface area (Å²) in [6, 6.07) is 15.9. The van der Waals surface area contributed by atoms with Crippen molar-refractivity contribution < 1.29 is 5.11 Å². The molecule has 1 aliphatic carbocycles. The quantitative estimate of drug-likeness (QED) is 0.846. The van der Waals surface area contributed by atoms with E-state index in [1.807, 2.05) is 36.4 Å². The minimum Gasteiger partial charge on any atom is -0.384 e. The summed E-state index contributed by atoms with van der Waals surface area (Å²) in [5, 5.41) is 11.2. The molecular formula is C17H15ClO. The van der Waals surface area contributed by atoms with Gasteiger partial charge in [0.1, 0.15) is 6.10 Å². The van der Waals surface area contributed by atoms with E-state index in [1.54, 1.807) is 0 Å². The Balaban J connectivity index is 2.29. The monoisotopic (exact) mass is 270 g/mol. The molecule has 0 saturated carbocycles. The largest absolute Gasteiger partial charge is 0.384 e. The number of fused-ring (bicyclic) bond motifs is 1. The lowest BCUT2D eigenvalue weighted by molar-refractivity contribution is 0.216. The predicted octanol–water partition coefficient (Wildman–Crippen LogP) is 4.60. The van der Waals surface area contributed by atoms with E-state index in [0.717, 1.165) is 34.3 Å². The molecule has 96 valence electrons. The lowest BCUT2D eigenvalue weighted by Gasteiger charge is -2.09. The molecule has 0 bridgehead atoms. The van der Waals surface area contributed by atoms with Gasteiger partial charge in [0.05, 0.1) is 0 Å². The zero-order valence-electron chi connectivity index (χ0n) is 10.7. The zero-order valence-corrected chi connectivity index (χ0v) is 11.5.